The second kappa shape index (κ2) is 4.61. The zero-order chi connectivity index (χ0) is 15.3. The van der Waals surface area contributed by atoms with Gasteiger partial charge in [-0.25, -0.2) is 0 Å². The van der Waals surface area contributed by atoms with Gasteiger partial charge in [0.2, 0.25) is 0 Å². The molecular formula is C14H15F3N2O2. The number of alkyl halides is 3. The lowest BCUT2D eigenvalue weighted by atomic mass is 10.0. The average Bonchev–Trinajstić information content (AvgIpc) is 3.25. The molecule has 3 rings (SSSR count). The van der Waals surface area contributed by atoms with Gasteiger partial charge in [-0.05, 0) is 43.1 Å². The Morgan fingerprint density at radius 3 is 2.48 bits per heavy atom. The van der Waals surface area contributed by atoms with Crippen LogP contribution in [0.2, 0.25) is 0 Å². The van der Waals surface area contributed by atoms with Crippen molar-refractivity contribution in [1.82, 2.24) is 0 Å². The van der Waals surface area contributed by atoms with Crippen LogP contribution < -0.4 is 5.32 Å². The maximum Gasteiger partial charge on any atom is 0.418 e. The summed E-state index contributed by atoms with van der Waals surface area (Å²) >= 11 is 0. The van der Waals surface area contributed by atoms with Gasteiger partial charge in [-0.15, -0.1) is 0 Å². The Bertz CT molecular complexity index is 578. The molecule has 4 nitrogen and oxygen atoms in total. The van der Waals surface area contributed by atoms with E-state index < -0.39 is 22.4 Å². The molecule has 2 aliphatic carbocycles. The lowest BCUT2D eigenvalue weighted by Gasteiger charge is -2.19. The molecule has 0 aromatic heterocycles. The van der Waals surface area contributed by atoms with Gasteiger partial charge >= 0.3 is 6.18 Å². The summed E-state index contributed by atoms with van der Waals surface area (Å²) in [6.07, 6.45) is -0.176. The number of nitrogens with zero attached hydrogens (tertiary/aromatic N) is 1. The summed E-state index contributed by atoms with van der Waals surface area (Å²) in [5, 5.41) is 13.5. The molecule has 0 spiro atoms. The van der Waals surface area contributed by atoms with E-state index in [0.717, 1.165) is 37.8 Å². The van der Waals surface area contributed by atoms with Crippen LogP contribution in [0.5, 0.6) is 0 Å². The Morgan fingerprint density at radius 2 is 2.00 bits per heavy atom. The molecule has 2 fully saturated rings. The van der Waals surface area contributed by atoms with E-state index in [4.69, 9.17) is 0 Å². The molecule has 0 heterocycles. The Hall–Kier alpha value is -1.79. The fraction of sp³-hybridized carbons (Fsp3) is 0.571. The molecule has 0 unspecified atom stereocenters. The van der Waals surface area contributed by atoms with Gasteiger partial charge < -0.3 is 5.32 Å². The van der Waals surface area contributed by atoms with Crippen LogP contribution in [0.25, 0.3) is 0 Å². The van der Waals surface area contributed by atoms with Crippen molar-refractivity contribution in [2.24, 2.45) is 11.3 Å². The van der Waals surface area contributed by atoms with E-state index in [2.05, 4.69) is 5.32 Å². The summed E-state index contributed by atoms with van der Waals surface area (Å²) in [4.78, 5) is 9.82. The molecule has 0 atom stereocenters. The van der Waals surface area contributed by atoms with Crippen LogP contribution in [0.1, 0.15) is 31.2 Å². The van der Waals surface area contributed by atoms with E-state index in [9.17, 15) is 23.3 Å². The Morgan fingerprint density at radius 1 is 1.33 bits per heavy atom. The van der Waals surface area contributed by atoms with Gasteiger partial charge in [0.25, 0.3) is 5.69 Å². The molecular weight excluding hydrogens is 285 g/mol. The van der Waals surface area contributed by atoms with Crippen molar-refractivity contribution in [3.8, 4) is 0 Å². The van der Waals surface area contributed by atoms with Gasteiger partial charge in [0.05, 0.1) is 10.5 Å². The van der Waals surface area contributed by atoms with Gasteiger partial charge in [0, 0.05) is 24.4 Å². The molecule has 0 radical (unpaired) electrons. The quantitative estimate of drug-likeness (QED) is 0.654. The topological polar surface area (TPSA) is 55.2 Å². The first kappa shape index (κ1) is 14.2. The number of nitrogens with one attached hydrogen (secondary N) is 1. The smallest absolute Gasteiger partial charge is 0.384 e. The third kappa shape index (κ3) is 2.82. The van der Waals surface area contributed by atoms with Crippen LogP contribution >= 0.6 is 0 Å². The highest BCUT2D eigenvalue weighted by Gasteiger charge is 2.53. The van der Waals surface area contributed by atoms with Crippen molar-refractivity contribution in [3.05, 3.63) is 33.9 Å². The van der Waals surface area contributed by atoms with E-state index in [0.29, 0.717) is 18.5 Å². The summed E-state index contributed by atoms with van der Waals surface area (Å²) in [6.45, 7) is 0.512. The zero-order valence-corrected chi connectivity index (χ0v) is 11.2. The number of benzene rings is 1. The predicted octanol–water partition coefficient (Wildman–Crippen LogP) is 4.22. The number of nitro benzene ring substituents is 1. The number of non-ortho nitro benzene ring substituents is 1. The van der Waals surface area contributed by atoms with E-state index >= 15 is 0 Å². The SMILES string of the molecule is O=[N+]([O-])c1ccc(NCC2(C3CC3)CC2)c(C(F)(F)F)c1. The highest BCUT2D eigenvalue weighted by atomic mass is 19.4. The fourth-order valence-corrected chi connectivity index (χ4v) is 2.89. The van der Waals surface area contributed by atoms with Crippen LogP contribution in [0, 0.1) is 21.4 Å². The van der Waals surface area contributed by atoms with Crippen LogP contribution in [0.4, 0.5) is 24.5 Å². The molecule has 1 aromatic rings. The van der Waals surface area contributed by atoms with E-state index in [1.807, 2.05) is 0 Å². The van der Waals surface area contributed by atoms with E-state index in [1.165, 1.54) is 0 Å². The normalized spacial score (nSPS) is 20.1. The lowest BCUT2D eigenvalue weighted by Crippen LogP contribution is -2.19. The molecule has 0 aliphatic heterocycles. The van der Waals surface area contributed by atoms with Crippen molar-refractivity contribution in [2.45, 2.75) is 31.9 Å². The van der Waals surface area contributed by atoms with Crippen molar-refractivity contribution < 1.29 is 18.1 Å². The molecule has 7 heteroatoms. The molecule has 0 saturated heterocycles. The first-order valence-electron chi connectivity index (χ1n) is 6.91. The summed E-state index contributed by atoms with van der Waals surface area (Å²) in [5.41, 5.74) is -1.43. The van der Waals surface area contributed by atoms with E-state index in [-0.39, 0.29) is 11.1 Å². The first-order valence-corrected chi connectivity index (χ1v) is 6.91. The Labute approximate surface area is 119 Å². The van der Waals surface area contributed by atoms with Gasteiger partial charge in [0.1, 0.15) is 0 Å². The Kier molecular flexibility index (Phi) is 3.11. The van der Waals surface area contributed by atoms with Gasteiger partial charge in [-0.1, -0.05) is 0 Å². The van der Waals surface area contributed by atoms with Crippen molar-refractivity contribution in [1.29, 1.82) is 0 Å². The highest BCUT2D eigenvalue weighted by molar-refractivity contribution is 5.57. The third-order valence-electron chi connectivity index (χ3n) is 4.49. The number of rotatable bonds is 5. The minimum Gasteiger partial charge on any atom is -0.384 e. The maximum atomic E-state index is 13.0. The van der Waals surface area contributed by atoms with E-state index in [1.54, 1.807) is 0 Å². The summed E-state index contributed by atoms with van der Waals surface area (Å²) in [7, 11) is 0. The molecule has 1 aromatic carbocycles. The minimum absolute atomic E-state index is 0.0694. The molecule has 0 bridgehead atoms. The van der Waals surface area contributed by atoms with Gasteiger partial charge in [-0.2, -0.15) is 13.2 Å². The first-order chi connectivity index (χ1) is 9.82. The molecule has 21 heavy (non-hydrogen) atoms. The molecule has 1 N–H and O–H groups in total. The van der Waals surface area contributed by atoms with Crippen LogP contribution in [-0.4, -0.2) is 11.5 Å². The zero-order valence-electron chi connectivity index (χ0n) is 11.2. The molecule has 2 aliphatic rings. The number of anilines is 1. The number of halogens is 3. The highest BCUT2D eigenvalue weighted by Crippen LogP contribution is 2.61. The maximum absolute atomic E-state index is 13.0. The van der Waals surface area contributed by atoms with Crippen LogP contribution in [0.3, 0.4) is 0 Å². The molecule has 0 amide bonds. The average molecular weight is 300 g/mol. The number of nitro groups is 1. The number of hydrogen-bond acceptors (Lipinski definition) is 3. The predicted molar refractivity (Wildman–Crippen MR) is 71.0 cm³/mol. The third-order valence-corrected chi connectivity index (χ3v) is 4.49. The van der Waals surface area contributed by atoms with Crippen molar-refractivity contribution in [3.63, 3.8) is 0 Å². The summed E-state index contributed by atoms with van der Waals surface area (Å²) in [5.74, 6) is 0.636. The second-order valence-electron chi connectivity index (χ2n) is 5.97. The van der Waals surface area contributed by atoms with Gasteiger partial charge in [0.15, 0.2) is 0 Å². The monoisotopic (exact) mass is 300 g/mol. The van der Waals surface area contributed by atoms with Crippen molar-refractivity contribution >= 4 is 11.4 Å². The van der Waals surface area contributed by atoms with Crippen LogP contribution in [0.15, 0.2) is 18.2 Å². The van der Waals surface area contributed by atoms with Gasteiger partial charge in [-0.3, -0.25) is 10.1 Å². The largest absolute Gasteiger partial charge is 0.418 e. The summed E-state index contributed by atoms with van der Waals surface area (Å²) < 4.78 is 39.1. The van der Waals surface area contributed by atoms with Crippen molar-refractivity contribution in [2.75, 3.05) is 11.9 Å². The fourth-order valence-electron chi connectivity index (χ4n) is 2.89. The standard InChI is InChI=1S/C14H15F3N2O2/c15-14(16,17)11-7-10(19(20)21)3-4-12(11)18-8-13(5-6-13)9-1-2-9/h3-4,7,9,18H,1-2,5-6,8H2. The van der Waals surface area contributed by atoms with Crippen LogP contribution in [-0.2, 0) is 6.18 Å². The number of hydrogen-bond donors (Lipinski definition) is 1. The second-order valence-corrected chi connectivity index (χ2v) is 5.97. The Balaban J connectivity index is 1.81. The molecule has 2 saturated carbocycles. The minimum atomic E-state index is -4.61. The molecule has 114 valence electrons. The lowest BCUT2D eigenvalue weighted by molar-refractivity contribution is -0.385. The summed E-state index contributed by atoms with van der Waals surface area (Å²) in [6, 6.07) is 2.86.